The molecule has 1 N–H and O–H groups in total. The van der Waals surface area contributed by atoms with Gasteiger partial charge in [-0.05, 0) is 29.8 Å². The summed E-state index contributed by atoms with van der Waals surface area (Å²) in [5.41, 5.74) is 0. The lowest BCUT2D eigenvalue weighted by molar-refractivity contribution is 0.491. The minimum atomic E-state index is 0.362. The Balaban J connectivity index is 2.72. The van der Waals surface area contributed by atoms with Gasteiger partial charge >= 0.3 is 0 Å². The molecule has 2 rings (SSSR count). The monoisotopic (exact) mass is 228 g/mol. The highest BCUT2D eigenvalue weighted by molar-refractivity contribution is 7.99. The first-order chi connectivity index (χ1) is 6.20. The fraction of sp³-hybridized carbons (Fsp3) is 0.111. The van der Waals surface area contributed by atoms with Gasteiger partial charge in [0, 0.05) is 14.5 Å². The minimum absolute atomic E-state index is 0.362. The Bertz CT molecular complexity index is 447. The van der Waals surface area contributed by atoms with Crippen molar-refractivity contribution in [3.8, 4) is 5.06 Å². The van der Waals surface area contributed by atoms with Gasteiger partial charge in [0.25, 0.3) is 0 Å². The van der Waals surface area contributed by atoms with Crippen LogP contribution in [-0.2, 0) is 0 Å². The van der Waals surface area contributed by atoms with E-state index < -0.39 is 0 Å². The summed E-state index contributed by atoms with van der Waals surface area (Å²) in [6, 6.07) is 5.83. The number of hydrogen-bond donors (Lipinski definition) is 2. The van der Waals surface area contributed by atoms with Gasteiger partial charge in [-0.2, -0.15) is 0 Å². The molecule has 0 fully saturated rings. The van der Waals surface area contributed by atoms with Crippen molar-refractivity contribution in [2.24, 2.45) is 0 Å². The Morgan fingerprint density at radius 1 is 1.38 bits per heavy atom. The molecule has 0 spiro atoms. The Kier molecular flexibility index (Phi) is 2.45. The Hall–Kier alpha value is -0.320. The van der Waals surface area contributed by atoms with E-state index in [-0.39, 0.29) is 0 Å². The van der Waals surface area contributed by atoms with Crippen molar-refractivity contribution in [3.05, 3.63) is 18.2 Å². The van der Waals surface area contributed by atoms with Gasteiger partial charge in [0.2, 0.25) is 0 Å². The lowest BCUT2D eigenvalue weighted by atomic mass is 10.3. The maximum Gasteiger partial charge on any atom is 0.172 e. The zero-order valence-electron chi connectivity index (χ0n) is 6.94. The molecule has 0 saturated heterocycles. The molecule has 0 unspecified atom stereocenters. The van der Waals surface area contributed by atoms with E-state index in [0.29, 0.717) is 5.06 Å². The third kappa shape index (κ3) is 1.66. The molecule has 0 bridgehead atoms. The Morgan fingerprint density at radius 3 is 2.85 bits per heavy atom. The van der Waals surface area contributed by atoms with Crippen molar-refractivity contribution >= 4 is 45.8 Å². The fourth-order valence-electron chi connectivity index (χ4n) is 1.20. The summed E-state index contributed by atoms with van der Waals surface area (Å²) in [6.07, 6.45) is 2.02. The third-order valence-electron chi connectivity index (χ3n) is 1.80. The summed E-state index contributed by atoms with van der Waals surface area (Å²) in [7, 11) is 0. The zero-order chi connectivity index (χ0) is 9.42. The number of thiol groups is 1. The molecule has 68 valence electrons. The van der Waals surface area contributed by atoms with Crippen LogP contribution in [0.1, 0.15) is 0 Å². The number of hydrogen-bond acceptors (Lipinski definition) is 4. The van der Waals surface area contributed by atoms with E-state index >= 15 is 0 Å². The molecule has 0 aliphatic rings. The number of aromatic hydroxyl groups is 1. The van der Waals surface area contributed by atoms with Crippen LogP contribution < -0.4 is 0 Å². The number of thiophene rings is 1. The van der Waals surface area contributed by atoms with Crippen LogP contribution in [0.5, 0.6) is 5.06 Å². The zero-order valence-corrected chi connectivity index (χ0v) is 9.47. The molecule has 1 aromatic carbocycles. The normalized spacial score (nSPS) is 10.9. The molecule has 0 atom stereocenters. The molecule has 4 heteroatoms. The summed E-state index contributed by atoms with van der Waals surface area (Å²) < 4.78 is 1.08. The van der Waals surface area contributed by atoms with Gasteiger partial charge in [0.1, 0.15) is 0 Å². The Labute approximate surface area is 90.2 Å². The van der Waals surface area contributed by atoms with E-state index in [0.717, 1.165) is 19.9 Å². The van der Waals surface area contributed by atoms with Gasteiger partial charge in [-0.25, -0.2) is 0 Å². The molecule has 0 saturated carbocycles. The topological polar surface area (TPSA) is 20.2 Å². The molecule has 1 heterocycles. The largest absolute Gasteiger partial charge is 0.499 e. The van der Waals surface area contributed by atoms with Crippen molar-refractivity contribution in [1.82, 2.24) is 0 Å². The van der Waals surface area contributed by atoms with E-state index in [9.17, 15) is 5.11 Å². The van der Waals surface area contributed by atoms with E-state index in [1.807, 2.05) is 12.3 Å². The molecule has 2 aromatic rings. The van der Waals surface area contributed by atoms with Gasteiger partial charge < -0.3 is 5.11 Å². The van der Waals surface area contributed by atoms with E-state index in [2.05, 4.69) is 18.7 Å². The molecular formula is C9H8OS3. The highest BCUT2D eigenvalue weighted by atomic mass is 32.2. The van der Waals surface area contributed by atoms with Crippen molar-refractivity contribution in [3.63, 3.8) is 0 Å². The number of fused-ring (bicyclic) bond motifs is 1. The van der Waals surface area contributed by atoms with Crippen LogP contribution in [-0.4, -0.2) is 11.4 Å². The number of thioether (sulfide) groups is 1. The second kappa shape index (κ2) is 3.44. The smallest absolute Gasteiger partial charge is 0.172 e. The van der Waals surface area contributed by atoms with E-state index in [4.69, 9.17) is 0 Å². The first-order valence-corrected chi connectivity index (χ1v) is 6.19. The molecule has 0 aliphatic heterocycles. The molecule has 0 radical (unpaired) electrons. The molecule has 13 heavy (non-hydrogen) atoms. The van der Waals surface area contributed by atoms with Gasteiger partial charge in [0.15, 0.2) is 5.06 Å². The van der Waals surface area contributed by atoms with Gasteiger partial charge in [-0.3, -0.25) is 0 Å². The van der Waals surface area contributed by atoms with Crippen LogP contribution in [0.4, 0.5) is 0 Å². The van der Waals surface area contributed by atoms with Crippen molar-refractivity contribution in [2.45, 2.75) is 9.79 Å². The van der Waals surface area contributed by atoms with E-state index in [1.54, 1.807) is 17.8 Å². The quantitative estimate of drug-likeness (QED) is 0.574. The average molecular weight is 228 g/mol. The van der Waals surface area contributed by atoms with Crippen molar-refractivity contribution < 1.29 is 5.11 Å². The fourth-order valence-corrected chi connectivity index (χ4v) is 3.10. The highest BCUT2D eigenvalue weighted by Crippen LogP contribution is 2.36. The summed E-state index contributed by atoms with van der Waals surface area (Å²) in [5.74, 6) is 0. The predicted octanol–water partition coefficient (Wildman–Crippen LogP) is 3.62. The maximum absolute atomic E-state index is 9.30. The second-order valence-corrected chi connectivity index (χ2v) is 5.04. The molecular weight excluding hydrogens is 220 g/mol. The third-order valence-corrected chi connectivity index (χ3v) is 4.00. The number of rotatable bonds is 1. The lowest BCUT2D eigenvalue weighted by Gasteiger charge is -2.00. The first kappa shape index (κ1) is 9.24. The van der Waals surface area contributed by atoms with Crippen molar-refractivity contribution in [1.29, 1.82) is 0 Å². The standard InChI is InChI=1S/C9H8OS3/c1-12-8-2-5-3-9(10)13-7(5)4-6(8)11/h2-4,10-11H,1H3. The molecule has 0 aliphatic carbocycles. The van der Waals surface area contributed by atoms with Crippen LogP contribution in [0, 0.1) is 0 Å². The number of benzene rings is 1. The van der Waals surface area contributed by atoms with Crippen molar-refractivity contribution in [2.75, 3.05) is 6.26 Å². The van der Waals surface area contributed by atoms with Gasteiger partial charge in [0.05, 0.1) is 0 Å². The van der Waals surface area contributed by atoms with Crippen LogP contribution in [0.2, 0.25) is 0 Å². The summed E-state index contributed by atoms with van der Waals surface area (Å²) in [4.78, 5) is 2.12. The summed E-state index contributed by atoms with van der Waals surface area (Å²) in [6.45, 7) is 0. The maximum atomic E-state index is 9.30. The predicted molar refractivity (Wildman–Crippen MR) is 62.5 cm³/mol. The van der Waals surface area contributed by atoms with Crippen LogP contribution in [0.25, 0.3) is 10.1 Å². The SMILES string of the molecule is CSc1cc2cc(O)sc2cc1S. The summed E-state index contributed by atoms with van der Waals surface area (Å²) >= 11 is 7.42. The van der Waals surface area contributed by atoms with Gasteiger partial charge in [-0.1, -0.05) is 11.3 Å². The molecule has 1 nitrogen and oxygen atoms in total. The first-order valence-electron chi connectivity index (χ1n) is 3.70. The average Bonchev–Trinajstić information content (AvgIpc) is 2.42. The molecule has 1 aromatic heterocycles. The Morgan fingerprint density at radius 2 is 2.15 bits per heavy atom. The summed E-state index contributed by atoms with van der Waals surface area (Å²) in [5, 5.41) is 10.7. The van der Waals surface area contributed by atoms with Crippen LogP contribution >= 0.6 is 35.7 Å². The van der Waals surface area contributed by atoms with E-state index in [1.165, 1.54) is 11.3 Å². The minimum Gasteiger partial charge on any atom is -0.499 e. The lowest BCUT2D eigenvalue weighted by Crippen LogP contribution is -1.72. The van der Waals surface area contributed by atoms with Gasteiger partial charge in [-0.15, -0.1) is 24.4 Å². The molecule has 0 amide bonds. The second-order valence-electron chi connectivity index (χ2n) is 2.65. The highest BCUT2D eigenvalue weighted by Gasteiger charge is 2.04. The van der Waals surface area contributed by atoms with Crippen LogP contribution in [0.3, 0.4) is 0 Å². The van der Waals surface area contributed by atoms with Crippen LogP contribution in [0.15, 0.2) is 28.0 Å².